The highest BCUT2D eigenvalue weighted by Gasteiger charge is 2.46. The number of hydrogen-bond donors (Lipinski definition) is 4. The third-order valence-corrected chi connectivity index (χ3v) is 10.8. The van der Waals surface area contributed by atoms with Crippen LogP contribution in [0.1, 0.15) is 59.2 Å². The highest BCUT2D eigenvalue weighted by molar-refractivity contribution is 7.99. The number of piperidine rings is 1. The second kappa shape index (κ2) is 11.6. The number of nitrogens with one attached hydrogen (secondary N) is 1. The van der Waals surface area contributed by atoms with E-state index in [2.05, 4.69) is 36.2 Å². The van der Waals surface area contributed by atoms with Gasteiger partial charge in [0.2, 0.25) is 5.88 Å². The van der Waals surface area contributed by atoms with Gasteiger partial charge in [-0.3, -0.25) is 19.1 Å². The number of halogens is 1. The SMILES string of the molecule is Nc1nc(N2CCC3(CC2)Cc2ncccc2[C@H]3N)cnc1Sc1cccc(NC(=O)c2c(O)nc3n(c2=O)CCCC3)c1Cl. The Morgan fingerprint density at radius 3 is 2.71 bits per heavy atom. The average molecular weight is 646 g/mol. The van der Waals surface area contributed by atoms with E-state index in [1.807, 2.05) is 12.3 Å². The molecule has 0 unspecified atom stereocenters. The number of fused-ring (bicyclic) bond motifs is 2. The number of anilines is 3. The molecule has 3 aromatic heterocycles. The van der Waals surface area contributed by atoms with Crippen molar-refractivity contribution in [3.8, 4) is 5.88 Å². The Labute approximate surface area is 268 Å². The molecule has 5 heterocycles. The molecule has 1 fully saturated rings. The van der Waals surface area contributed by atoms with E-state index in [9.17, 15) is 14.7 Å². The first-order chi connectivity index (χ1) is 21.7. The van der Waals surface area contributed by atoms with E-state index in [0.717, 1.165) is 56.5 Å². The highest BCUT2D eigenvalue weighted by Crippen LogP contribution is 2.50. The standard InChI is InChI=1S/C31H32ClN9O3S/c32-24-18(37-27(42)23-28(43)39-21-8-1-2-12-41(21)30(23)44)6-3-7-20(24)45-29-26(34)38-22(16-36-29)40-13-9-31(10-14-40)15-19-17(25(31)33)5-4-11-35-19/h3-7,11,16,25,43H,1-2,8-10,12-15,33H2,(H2,34,38)(H,37,42)/t25-/m1/s1. The van der Waals surface area contributed by atoms with Crippen molar-refractivity contribution in [2.24, 2.45) is 11.1 Å². The minimum absolute atomic E-state index is 0.00238. The Morgan fingerprint density at radius 1 is 1.11 bits per heavy atom. The molecule has 1 aromatic carbocycles. The number of nitrogen functional groups attached to an aromatic ring is 1. The summed E-state index contributed by atoms with van der Waals surface area (Å²) in [7, 11) is 0. The van der Waals surface area contributed by atoms with Crippen molar-refractivity contribution in [1.82, 2.24) is 24.5 Å². The highest BCUT2D eigenvalue weighted by atomic mass is 35.5. The lowest BCUT2D eigenvalue weighted by molar-refractivity contribution is 0.102. The van der Waals surface area contributed by atoms with Crippen molar-refractivity contribution in [3.05, 3.63) is 80.7 Å². The Balaban J connectivity index is 1.04. The van der Waals surface area contributed by atoms with E-state index in [-0.39, 0.29) is 28.0 Å². The van der Waals surface area contributed by atoms with Gasteiger partial charge in [0.15, 0.2) is 11.4 Å². The van der Waals surface area contributed by atoms with Crippen LogP contribution in [0.2, 0.25) is 5.02 Å². The number of carbonyl (C=O) groups excluding carboxylic acids is 1. The Hall–Kier alpha value is -4.20. The van der Waals surface area contributed by atoms with Crippen molar-refractivity contribution in [2.75, 3.05) is 29.0 Å². The molecule has 7 rings (SSSR count). The van der Waals surface area contributed by atoms with Gasteiger partial charge in [-0.2, -0.15) is 4.98 Å². The van der Waals surface area contributed by atoms with Crippen molar-refractivity contribution < 1.29 is 9.90 Å². The third kappa shape index (κ3) is 5.28. The first-order valence-electron chi connectivity index (χ1n) is 14.9. The second-order valence-corrected chi connectivity index (χ2v) is 13.2. The van der Waals surface area contributed by atoms with Gasteiger partial charge in [-0.05, 0) is 61.3 Å². The molecule has 14 heteroatoms. The first-order valence-corrected chi connectivity index (χ1v) is 16.1. The second-order valence-electron chi connectivity index (χ2n) is 11.8. The van der Waals surface area contributed by atoms with Crippen LogP contribution in [0, 0.1) is 5.41 Å². The normalized spacial score (nSPS) is 18.4. The van der Waals surface area contributed by atoms with Gasteiger partial charge < -0.3 is 26.8 Å². The molecule has 1 spiro atoms. The van der Waals surface area contributed by atoms with Gasteiger partial charge >= 0.3 is 0 Å². The monoisotopic (exact) mass is 645 g/mol. The van der Waals surface area contributed by atoms with Crippen LogP contribution in [-0.4, -0.2) is 48.6 Å². The number of pyridine rings is 1. The minimum atomic E-state index is -0.791. The topological polar surface area (TPSA) is 178 Å². The number of amides is 1. The lowest BCUT2D eigenvalue weighted by atomic mass is 9.73. The predicted octanol–water partition coefficient (Wildman–Crippen LogP) is 3.95. The molecule has 3 aliphatic rings. The van der Waals surface area contributed by atoms with Crippen LogP contribution in [0.25, 0.3) is 0 Å². The molecular formula is C31H32ClN9O3S. The van der Waals surface area contributed by atoms with Gasteiger partial charge in [-0.15, -0.1) is 0 Å². The number of aryl methyl sites for hydroxylation is 1. The number of carbonyl (C=O) groups is 1. The lowest BCUT2D eigenvalue weighted by Gasteiger charge is -2.42. The van der Waals surface area contributed by atoms with Gasteiger partial charge in [-0.25, -0.2) is 9.97 Å². The number of aromatic hydroxyl groups is 1. The summed E-state index contributed by atoms with van der Waals surface area (Å²) in [5, 5.41) is 13.8. The Morgan fingerprint density at radius 2 is 1.93 bits per heavy atom. The smallest absolute Gasteiger partial charge is 0.270 e. The fourth-order valence-corrected chi connectivity index (χ4v) is 7.77. The summed E-state index contributed by atoms with van der Waals surface area (Å²) in [5.74, 6) is 0.0570. The molecule has 1 atom stereocenters. The van der Waals surface area contributed by atoms with Crippen LogP contribution in [0.5, 0.6) is 5.88 Å². The molecule has 45 heavy (non-hydrogen) atoms. The number of nitrogens with zero attached hydrogens (tertiary/aromatic N) is 6. The Bertz CT molecular complexity index is 1880. The maximum absolute atomic E-state index is 13.1. The van der Waals surface area contributed by atoms with E-state index < -0.39 is 22.9 Å². The third-order valence-electron chi connectivity index (χ3n) is 9.18. The van der Waals surface area contributed by atoms with Gasteiger partial charge in [0, 0.05) is 48.9 Å². The van der Waals surface area contributed by atoms with Crippen LogP contribution in [0.15, 0.2) is 57.4 Å². The largest absolute Gasteiger partial charge is 0.493 e. The molecule has 0 saturated carbocycles. The van der Waals surface area contributed by atoms with Crippen molar-refractivity contribution in [3.63, 3.8) is 0 Å². The maximum atomic E-state index is 13.1. The maximum Gasteiger partial charge on any atom is 0.270 e. The Kier molecular flexibility index (Phi) is 7.62. The average Bonchev–Trinajstić information content (AvgIpc) is 3.30. The van der Waals surface area contributed by atoms with Gasteiger partial charge in [0.25, 0.3) is 11.5 Å². The number of nitrogens with two attached hydrogens (primary N) is 2. The molecular weight excluding hydrogens is 614 g/mol. The zero-order chi connectivity index (χ0) is 31.3. The summed E-state index contributed by atoms with van der Waals surface area (Å²) in [6.07, 6.45) is 8.52. The molecule has 232 valence electrons. The molecule has 1 saturated heterocycles. The summed E-state index contributed by atoms with van der Waals surface area (Å²) in [5.41, 5.74) is 14.6. The van der Waals surface area contributed by atoms with E-state index in [4.69, 9.17) is 23.1 Å². The quantitative estimate of drug-likeness (QED) is 0.247. The van der Waals surface area contributed by atoms with Crippen LogP contribution in [-0.2, 0) is 19.4 Å². The van der Waals surface area contributed by atoms with E-state index in [1.54, 1.807) is 24.4 Å². The van der Waals surface area contributed by atoms with Crippen LogP contribution >= 0.6 is 23.4 Å². The molecule has 0 radical (unpaired) electrons. The lowest BCUT2D eigenvalue weighted by Crippen LogP contribution is -2.44. The summed E-state index contributed by atoms with van der Waals surface area (Å²) in [6.45, 7) is 2.03. The van der Waals surface area contributed by atoms with Crippen molar-refractivity contribution in [2.45, 2.75) is 61.0 Å². The van der Waals surface area contributed by atoms with E-state index in [1.165, 1.54) is 16.3 Å². The van der Waals surface area contributed by atoms with Gasteiger partial charge in [0.05, 0.1) is 16.9 Å². The number of benzene rings is 1. The zero-order valence-electron chi connectivity index (χ0n) is 24.4. The predicted molar refractivity (Wildman–Crippen MR) is 172 cm³/mol. The van der Waals surface area contributed by atoms with Crippen molar-refractivity contribution in [1.29, 1.82) is 0 Å². The summed E-state index contributed by atoms with van der Waals surface area (Å²) < 4.78 is 1.44. The molecule has 0 bridgehead atoms. The van der Waals surface area contributed by atoms with Crippen LogP contribution in [0.3, 0.4) is 0 Å². The fourth-order valence-electron chi connectivity index (χ4n) is 6.67. The first kappa shape index (κ1) is 29.5. The number of aromatic nitrogens is 5. The van der Waals surface area contributed by atoms with Gasteiger partial charge in [-0.1, -0.05) is 35.5 Å². The molecule has 1 amide bonds. The zero-order valence-corrected chi connectivity index (χ0v) is 25.9. The van der Waals surface area contributed by atoms with Crippen molar-refractivity contribution >= 4 is 46.6 Å². The molecule has 1 aliphatic carbocycles. The van der Waals surface area contributed by atoms with Gasteiger partial charge in [0.1, 0.15) is 16.7 Å². The van der Waals surface area contributed by atoms with Crippen LogP contribution in [0.4, 0.5) is 17.3 Å². The summed E-state index contributed by atoms with van der Waals surface area (Å²) >= 11 is 7.90. The van der Waals surface area contributed by atoms with E-state index >= 15 is 0 Å². The minimum Gasteiger partial charge on any atom is -0.493 e. The molecule has 6 N–H and O–H groups in total. The molecule has 4 aromatic rings. The molecule has 2 aliphatic heterocycles. The number of rotatable bonds is 5. The number of hydrogen-bond acceptors (Lipinski definition) is 11. The van der Waals surface area contributed by atoms with E-state index in [0.29, 0.717) is 34.5 Å². The molecule has 12 nitrogen and oxygen atoms in total. The summed E-state index contributed by atoms with van der Waals surface area (Å²) in [6, 6.07) is 9.11. The fraction of sp³-hybridized carbons (Fsp3) is 0.355. The summed E-state index contributed by atoms with van der Waals surface area (Å²) in [4.78, 5) is 46.8. The van der Waals surface area contributed by atoms with Crippen LogP contribution < -0.4 is 27.2 Å².